The molecule has 0 aromatic heterocycles. The van der Waals surface area contributed by atoms with E-state index in [9.17, 15) is 4.79 Å². The smallest absolute Gasteiger partial charge is 0.253 e. The Kier molecular flexibility index (Phi) is 5.47. The second-order valence-electron chi connectivity index (χ2n) is 4.91. The molecule has 2 rings (SSSR count). The molecule has 2 nitrogen and oxygen atoms in total. The molecule has 0 saturated heterocycles. The van der Waals surface area contributed by atoms with E-state index >= 15 is 0 Å². The fraction of sp³-hybridized carbons (Fsp3) is 0.188. The van der Waals surface area contributed by atoms with Gasteiger partial charge in [0.25, 0.3) is 5.91 Å². The monoisotopic (exact) mass is 429 g/mol. The Hall–Kier alpha value is -0.840. The van der Waals surface area contributed by atoms with Gasteiger partial charge in [0.05, 0.1) is 11.1 Å². The number of halogens is 3. The zero-order valence-corrected chi connectivity index (χ0v) is 15.3. The Morgan fingerprint density at radius 3 is 2.48 bits per heavy atom. The van der Waals surface area contributed by atoms with Gasteiger partial charge in [0.15, 0.2) is 0 Å². The van der Waals surface area contributed by atoms with E-state index < -0.39 is 5.54 Å². The highest BCUT2D eigenvalue weighted by atomic mass is 79.9. The van der Waals surface area contributed by atoms with E-state index in [1.165, 1.54) is 0 Å². The minimum absolute atomic E-state index is 0.171. The molecule has 110 valence electrons. The number of hydrogen-bond acceptors (Lipinski definition) is 1. The van der Waals surface area contributed by atoms with Gasteiger partial charge >= 0.3 is 0 Å². The van der Waals surface area contributed by atoms with Gasteiger partial charge in [0.1, 0.15) is 0 Å². The van der Waals surface area contributed by atoms with Crippen molar-refractivity contribution in [3.8, 4) is 0 Å². The molecule has 1 unspecified atom stereocenters. The molecule has 0 aliphatic heterocycles. The molecule has 2 aromatic rings. The van der Waals surface area contributed by atoms with Gasteiger partial charge in [-0.15, -0.1) is 11.6 Å². The minimum Gasteiger partial charge on any atom is -0.342 e. The van der Waals surface area contributed by atoms with Crippen LogP contribution in [0, 0.1) is 0 Å². The summed E-state index contributed by atoms with van der Waals surface area (Å²) in [7, 11) is 0. The number of benzene rings is 2. The van der Waals surface area contributed by atoms with Crippen molar-refractivity contribution in [3.63, 3.8) is 0 Å². The average molecular weight is 432 g/mol. The quantitative estimate of drug-likeness (QED) is 0.671. The van der Waals surface area contributed by atoms with Crippen LogP contribution in [0.5, 0.6) is 0 Å². The normalized spacial score (nSPS) is 13.5. The van der Waals surface area contributed by atoms with Gasteiger partial charge in [-0.1, -0.05) is 46.3 Å². The van der Waals surface area contributed by atoms with Crippen molar-refractivity contribution in [1.82, 2.24) is 5.32 Å². The fourth-order valence-electron chi connectivity index (χ4n) is 1.98. The second kappa shape index (κ2) is 6.95. The van der Waals surface area contributed by atoms with E-state index in [4.69, 9.17) is 11.6 Å². The lowest BCUT2D eigenvalue weighted by Gasteiger charge is -2.29. The number of amides is 1. The van der Waals surface area contributed by atoms with Gasteiger partial charge in [0, 0.05) is 14.8 Å². The largest absolute Gasteiger partial charge is 0.342 e. The molecule has 2 aromatic carbocycles. The minimum atomic E-state index is -0.623. The molecule has 21 heavy (non-hydrogen) atoms. The lowest BCUT2D eigenvalue weighted by atomic mass is 9.93. The molecular formula is C16H14Br2ClNO. The number of hydrogen-bond donors (Lipinski definition) is 1. The van der Waals surface area contributed by atoms with E-state index in [1.54, 1.807) is 6.07 Å². The third kappa shape index (κ3) is 3.87. The lowest BCUT2D eigenvalue weighted by molar-refractivity contribution is 0.0912. The van der Waals surface area contributed by atoms with Gasteiger partial charge in [0.2, 0.25) is 0 Å². The number of carbonyl (C=O) groups excluding carboxylic acids is 1. The molecule has 5 heteroatoms. The first-order valence-electron chi connectivity index (χ1n) is 6.35. The molecule has 0 fully saturated rings. The molecule has 1 amide bonds. The molecule has 0 bridgehead atoms. The molecule has 0 saturated carbocycles. The van der Waals surface area contributed by atoms with Gasteiger partial charge in [-0.3, -0.25) is 4.79 Å². The highest BCUT2D eigenvalue weighted by molar-refractivity contribution is 9.11. The third-order valence-corrected chi connectivity index (χ3v) is 4.96. The van der Waals surface area contributed by atoms with Crippen LogP contribution in [0.1, 0.15) is 22.8 Å². The van der Waals surface area contributed by atoms with Crippen molar-refractivity contribution in [3.05, 3.63) is 68.6 Å². The highest BCUT2D eigenvalue weighted by Crippen LogP contribution is 2.26. The van der Waals surface area contributed by atoms with Crippen molar-refractivity contribution >= 4 is 49.4 Å². The Morgan fingerprint density at radius 2 is 1.86 bits per heavy atom. The van der Waals surface area contributed by atoms with Gasteiger partial charge < -0.3 is 5.32 Å². The van der Waals surface area contributed by atoms with Crippen molar-refractivity contribution in [2.75, 3.05) is 5.88 Å². The van der Waals surface area contributed by atoms with Crippen LogP contribution in [0.4, 0.5) is 0 Å². The maximum atomic E-state index is 12.5. The summed E-state index contributed by atoms with van der Waals surface area (Å²) in [5.74, 6) is 0.115. The van der Waals surface area contributed by atoms with E-state index in [1.807, 2.05) is 49.4 Å². The Labute approximate surface area is 146 Å². The summed E-state index contributed by atoms with van der Waals surface area (Å²) < 4.78 is 1.59. The maximum Gasteiger partial charge on any atom is 0.253 e. The molecule has 1 N–H and O–H groups in total. The van der Waals surface area contributed by atoms with Crippen molar-refractivity contribution < 1.29 is 4.79 Å². The summed E-state index contributed by atoms with van der Waals surface area (Å²) in [5, 5.41) is 3.02. The predicted octanol–water partition coefficient (Wildman–Crippen LogP) is 5.10. The Bertz CT molecular complexity index is 648. The zero-order chi connectivity index (χ0) is 15.5. The molecule has 0 aliphatic rings. The van der Waals surface area contributed by atoms with Gasteiger partial charge in [-0.2, -0.15) is 0 Å². The van der Waals surface area contributed by atoms with Crippen LogP contribution in [0.25, 0.3) is 0 Å². The Morgan fingerprint density at radius 1 is 1.19 bits per heavy atom. The summed E-state index contributed by atoms with van der Waals surface area (Å²) in [6.07, 6.45) is 0. The molecule has 1 atom stereocenters. The summed E-state index contributed by atoms with van der Waals surface area (Å²) in [6, 6.07) is 15.2. The summed E-state index contributed by atoms with van der Waals surface area (Å²) in [4.78, 5) is 12.5. The fourth-order valence-corrected chi connectivity index (χ4v) is 2.99. The van der Waals surface area contributed by atoms with E-state index in [2.05, 4.69) is 37.2 Å². The maximum absolute atomic E-state index is 12.5. The van der Waals surface area contributed by atoms with Crippen molar-refractivity contribution in [1.29, 1.82) is 0 Å². The lowest BCUT2D eigenvalue weighted by Crippen LogP contribution is -2.45. The van der Waals surface area contributed by atoms with Crippen molar-refractivity contribution in [2.24, 2.45) is 0 Å². The summed E-state index contributed by atoms with van der Waals surface area (Å²) in [5.41, 5.74) is 0.915. The average Bonchev–Trinajstić information content (AvgIpc) is 2.50. The number of nitrogens with one attached hydrogen (secondary N) is 1. The number of carbonyl (C=O) groups is 1. The SMILES string of the molecule is CC(CCl)(NC(=O)c1cc(Br)ccc1Br)c1ccccc1. The van der Waals surface area contributed by atoms with Crippen LogP contribution in [0.2, 0.25) is 0 Å². The summed E-state index contributed by atoms with van der Waals surface area (Å²) in [6.45, 7) is 1.92. The molecule has 0 spiro atoms. The molecule has 0 radical (unpaired) electrons. The van der Waals surface area contributed by atoms with Crippen LogP contribution in [-0.4, -0.2) is 11.8 Å². The first-order chi connectivity index (χ1) is 9.96. The number of rotatable bonds is 4. The van der Waals surface area contributed by atoms with Crippen LogP contribution < -0.4 is 5.32 Å². The standard InChI is InChI=1S/C16H14Br2ClNO/c1-16(10-19,11-5-3-2-4-6-11)20-15(21)13-9-12(17)7-8-14(13)18/h2-9H,10H2,1H3,(H,20,21). The first-order valence-corrected chi connectivity index (χ1v) is 8.47. The van der Waals surface area contributed by atoms with E-state index in [0.717, 1.165) is 14.5 Å². The van der Waals surface area contributed by atoms with E-state index in [0.29, 0.717) is 5.56 Å². The highest BCUT2D eigenvalue weighted by Gasteiger charge is 2.28. The molecule has 0 heterocycles. The van der Waals surface area contributed by atoms with Crippen LogP contribution in [0.3, 0.4) is 0 Å². The number of alkyl halides is 1. The summed E-state index contributed by atoms with van der Waals surface area (Å²) >= 11 is 12.9. The van der Waals surface area contributed by atoms with Gasteiger partial charge in [-0.05, 0) is 46.6 Å². The van der Waals surface area contributed by atoms with Gasteiger partial charge in [-0.25, -0.2) is 0 Å². The zero-order valence-electron chi connectivity index (χ0n) is 11.4. The van der Waals surface area contributed by atoms with Crippen LogP contribution >= 0.6 is 43.5 Å². The van der Waals surface area contributed by atoms with Crippen molar-refractivity contribution in [2.45, 2.75) is 12.5 Å². The van der Waals surface area contributed by atoms with Crippen LogP contribution in [0.15, 0.2) is 57.5 Å². The molecule has 0 aliphatic carbocycles. The molecular weight excluding hydrogens is 417 g/mol. The third-order valence-electron chi connectivity index (χ3n) is 3.24. The first kappa shape index (κ1) is 16.5. The second-order valence-corrected chi connectivity index (χ2v) is 6.95. The van der Waals surface area contributed by atoms with Crippen LogP contribution in [-0.2, 0) is 5.54 Å². The van der Waals surface area contributed by atoms with E-state index in [-0.39, 0.29) is 11.8 Å². The topological polar surface area (TPSA) is 29.1 Å². The predicted molar refractivity (Wildman–Crippen MR) is 93.8 cm³/mol. The Balaban J connectivity index is 2.30.